The van der Waals surface area contributed by atoms with Gasteiger partial charge in [-0.3, -0.25) is 13.9 Å². The molecule has 0 fully saturated rings. The molecule has 0 saturated heterocycles. The van der Waals surface area contributed by atoms with E-state index in [9.17, 15) is 4.79 Å². The summed E-state index contributed by atoms with van der Waals surface area (Å²) in [5, 5.41) is 1.10. The lowest BCUT2D eigenvalue weighted by atomic mass is 10.1. The van der Waals surface area contributed by atoms with Gasteiger partial charge in [-0.25, -0.2) is 15.0 Å². The number of para-hydroxylation sites is 2. The van der Waals surface area contributed by atoms with Crippen LogP contribution >= 0.6 is 11.6 Å². The van der Waals surface area contributed by atoms with Crippen LogP contribution in [0.2, 0.25) is 5.02 Å². The number of unbranched alkanes of at least 4 members (excludes halogenated alkanes) is 4. The molecule has 0 radical (unpaired) electrons. The summed E-state index contributed by atoms with van der Waals surface area (Å²) in [6, 6.07) is 15.2. The van der Waals surface area contributed by atoms with E-state index < -0.39 is 0 Å². The summed E-state index contributed by atoms with van der Waals surface area (Å²) in [6.07, 6.45) is 7.31. The molecule has 0 aliphatic rings. The van der Waals surface area contributed by atoms with Gasteiger partial charge >= 0.3 is 0 Å². The van der Waals surface area contributed by atoms with E-state index in [1.165, 1.54) is 19.3 Å². The molecule has 0 amide bonds. The Morgan fingerprint density at radius 3 is 2.47 bits per heavy atom. The zero-order chi connectivity index (χ0) is 22.1. The number of aromatic nitrogens is 5. The van der Waals surface area contributed by atoms with Gasteiger partial charge in [0.25, 0.3) is 5.56 Å². The Bertz CT molecular complexity index is 1490. The van der Waals surface area contributed by atoms with Crippen LogP contribution in [-0.4, -0.2) is 24.1 Å². The summed E-state index contributed by atoms with van der Waals surface area (Å²) < 4.78 is 3.58. The number of rotatable bonds is 7. The molecule has 0 unspecified atom stereocenters. The largest absolute Gasteiger partial charge is 0.299 e. The SMILES string of the molecule is CCCCCCCn1cnc2c(c1=O)c1nc3ccccc3nc1n2-c1cccc(Cl)c1. The Hall–Kier alpha value is -3.25. The molecule has 3 heterocycles. The van der Waals surface area contributed by atoms with E-state index in [-0.39, 0.29) is 5.56 Å². The minimum Gasteiger partial charge on any atom is -0.299 e. The Morgan fingerprint density at radius 2 is 1.69 bits per heavy atom. The van der Waals surface area contributed by atoms with Crippen molar-refractivity contribution in [2.75, 3.05) is 0 Å². The van der Waals surface area contributed by atoms with Crippen LogP contribution in [0.4, 0.5) is 0 Å². The second-order valence-electron chi connectivity index (χ2n) is 8.06. The minimum absolute atomic E-state index is 0.0825. The number of halogens is 1. The smallest absolute Gasteiger partial charge is 0.265 e. The van der Waals surface area contributed by atoms with Crippen molar-refractivity contribution in [3.8, 4) is 5.69 Å². The van der Waals surface area contributed by atoms with Gasteiger partial charge in [0, 0.05) is 11.6 Å². The molecular formula is C25H24ClN5O. The Balaban J connectivity index is 1.73. The summed E-state index contributed by atoms with van der Waals surface area (Å²) in [5.41, 5.74) is 3.95. The first-order chi connectivity index (χ1) is 15.7. The van der Waals surface area contributed by atoms with Crippen molar-refractivity contribution in [3.05, 3.63) is 70.2 Å². The lowest BCUT2D eigenvalue weighted by Crippen LogP contribution is -2.20. The second kappa shape index (κ2) is 8.71. The summed E-state index contributed by atoms with van der Waals surface area (Å²) in [7, 11) is 0. The van der Waals surface area contributed by atoms with Gasteiger partial charge in [0.15, 0.2) is 11.3 Å². The molecule has 7 heteroatoms. The van der Waals surface area contributed by atoms with Crippen molar-refractivity contribution in [1.82, 2.24) is 24.1 Å². The van der Waals surface area contributed by atoms with E-state index in [1.807, 2.05) is 53.1 Å². The number of fused-ring (bicyclic) bond motifs is 4. The predicted molar refractivity (Wildman–Crippen MR) is 130 cm³/mol. The zero-order valence-electron chi connectivity index (χ0n) is 18.0. The van der Waals surface area contributed by atoms with Gasteiger partial charge in [-0.05, 0) is 36.8 Å². The Kier molecular flexibility index (Phi) is 5.62. The molecule has 3 aromatic heterocycles. The van der Waals surface area contributed by atoms with Crippen LogP contribution in [0.3, 0.4) is 0 Å². The fraction of sp³-hybridized carbons (Fsp3) is 0.280. The first-order valence-corrected chi connectivity index (χ1v) is 11.5. The molecule has 0 aliphatic carbocycles. The van der Waals surface area contributed by atoms with Crippen LogP contribution in [0.5, 0.6) is 0 Å². The van der Waals surface area contributed by atoms with Crippen LogP contribution in [0.15, 0.2) is 59.7 Å². The molecule has 5 aromatic rings. The summed E-state index contributed by atoms with van der Waals surface area (Å²) >= 11 is 6.27. The van der Waals surface area contributed by atoms with Gasteiger partial charge in [0.2, 0.25) is 0 Å². The highest BCUT2D eigenvalue weighted by Gasteiger charge is 2.20. The van der Waals surface area contributed by atoms with Gasteiger partial charge in [0.05, 0.1) is 23.0 Å². The molecule has 0 atom stereocenters. The van der Waals surface area contributed by atoms with E-state index in [1.54, 1.807) is 10.9 Å². The van der Waals surface area contributed by atoms with E-state index in [2.05, 4.69) is 6.92 Å². The van der Waals surface area contributed by atoms with Gasteiger partial charge < -0.3 is 0 Å². The highest BCUT2D eigenvalue weighted by atomic mass is 35.5. The maximum Gasteiger partial charge on any atom is 0.265 e. The van der Waals surface area contributed by atoms with Gasteiger partial charge in [-0.2, -0.15) is 0 Å². The maximum absolute atomic E-state index is 13.5. The topological polar surface area (TPSA) is 65.6 Å². The predicted octanol–water partition coefficient (Wildman–Crippen LogP) is 5.91. The normalized spacial score (nSPS) is 11.7. The zero-order valence-corrected chi connectivity index (χ0v) is 18.7. The number of aryl methyl sites for hydroxylation is 1. The van der Waals surface area contributed by atoms with Crippen LogP contribution in [0.1, 0.15) is 39.0 Å². The van der Waals surface area contributed by atoms with Crippen molar-refractivity contribution in [1.29, 1.82) is 0 Å². The fourth-order valence-electron chi connectivity index (χ4n) is 4.18. The van der Waals surface area contributed by atoms with Crippen LogP contribution in [0.25, 0.3) is 38.9 Å². The first-order valence-electron chi connectivity index (χ1n) is 11.1. The number of nitrogens with zero attached hydrogens (tertiary/aromatic N) is 5. The fourth-order valence-corrected chi connectivity index (χ4v) is 4.36. The maximum atomic E-state index is 13.5. The average molecular weight is 446 g/mol. The molecule has 0 N–H and O–H groups in total. The van der Waals surface area contributed by atoms with Crippen LogP contribution in [0, 0.1) is 0 Å². The van der Waals surface area contributed by atoms with E-state index >= 15 is 0 Å². The Labute approximate surface area is 190 Å². The molecular weight excluding hydrogens is 422 g/mol. The molecule has 6 nitrogen and oxygen atoms in total. The minimum atomic E-state index is -0.0825. The number of hydrogen-bond donors (Lipinski definition) is 0. The second-order valence-corrected chi connectivity index (χ2v) is 8.49. The first kappa shape index (κ1) is 20.6. The van der Waals surface area contributed by atoms with E-state index in [4.69, 9.17) is 26.6 Å². The lowest BCUT2D eigenvalue weighted by molar-refractivity contribution is 0.556. The van der Waals surface area contributed by atoms with Gasteiger partial charge in [0.1, 0.15) is 10.9 Å². The lowest BCUT2D eigenvalue weighted by Gasteiger charge is -2.08. The van der Waals surface area contributed by atoms with E-state index in [0.717, 1.165) is 29.6 Å². The van der Waals surface area contributed by atoms with Crippen molar-refractivity contribution in [3.63, 3.8) is 0 Å². The quantitative estimate of drug-likeness (QED) is 0.292. The molecule has 32 heavy (non-hydrogen) atoms. The number of hydrogen-bond acceptors (Lipinski definition) is 4. The third-order valence-electron chi connectivity index (χ3n) is 5.80. The third kappa shape index (κ3) is 3.65. The standard InChI is InChI=1S/C25H24ClN5O/c1-2-3-4-5-8-14-30-16-27-23-21(25(30)32)22-24(29-20-13-7-6-12-19(20)28-22)31(23)18-11-9-10-17(26)15-18/h6-7,9-13,15-16H,2-5,8,14H2,1H3. The Morgan fingerprint density at radius 1 is 0.906 bits per heavy atom. The molecule has 2 aromatic carbocycles. The molecule has 162 valence electrons. The van der Waals surface area contributed by atoms with Crippen molar-refractivity contribution < 1.29 is 0 Å². The molecule has 0 aliphatic heterocycles. The van der Waals surface area contributed by atoms with Crippen molar-refractivity contribution in [2.45, 2.75) is 45.6 Å². The van der Waals surface area contributed by atoms with E-state index in [0.29, 0.717) is 33.8 Å². The van der Waals surface area contributed by atoms with Crippen molar-refractivity contribution in [2.24, 2.45) is 0 Å². The molecule has 0 spiro atoms. The molecule has 5 rings (SSSR count). The number of benzene rings is 2. The monoisotopic (exact) mass is 445 g/mol. The highest BCUT2D eigenvalue weighted by Crippen LogP contribution is 2.29. The van der Waals surface area contributed by atoms with Gasteiger partial charge in [-0.15, -0.1) is 0 Å². The van der Waals surface area contributed by atoms with Crippen LogP contribution in [-0.2, 0) is 6.54 Å². The van der Waals surface area contributed by atoms with Crippen molar-refractivity contribution >= 4 is 44.8 Å². The molecule has 0 saturated carbocycles. The van der Waals surface area contributed by atoms with Gasteiger partial charge in [-0.1, -0.05) is 62.4 Å². The highest BCUT2D eigenvalue weighted by molar-refractivity contribution is 6.30. The summed E-state index contributed by atoms with van der Waals surface area (Å²) in [5.74, 6) is 0. The summed E-state index contributed by atoms with van der Waals surface area (Å²) in [4.78, 5) is 27.9. The average Bonchev–Trinajstić information content (AvgIpc) is 3.12. The summed E-state index contributed by atoms with van der Waals surface area (Å²) in [6.45, 7) is 2.85. The molecule has 0 bridgehead atoms. The van der Waals surface area contributed by atoms with Crippen LogP contribution < -0.4 is 5.56 Å². The third-order valence-corrected chi connectivity index (χ3v) is 6.03.